The quantitative estimate of drug-likeness (QED) is 0.0572. The van der Waals surface area contributed by atoms with Crippen molar-refractivity contribution in [3.05, 3.63) is 70.2 Å². The third-order valence-corrected chi connectivity index (χ3v) is 9.86. The third kappa shape index (κ3) is 16.2. The molecule has 3 aromatic rings. The number of carbonyl (C=O) groups is 1. The van der Waals surface area contributed by atoms with Crippen molar-refractivity contribution in [1.29, 1.82) is 0 Å². The van der Waals surface area contributed by atoms with E-state index in [-0.39, 0.29) is 17.2 Å². The van der Waals surface area contributed by atoms with Gasteiger partial charge in [-0.25, -0.2) is 9.36 Å². The number of unbranched alkanes of at least 4 members (excludes halogenated alkanes) is 15. The first-order chi connectivity index (χ1) is 22.8. The number of aromatic nitrogens is 1. The molecule has 3 rings (SSSR count). The highest BCUT2D eigenvalue weighted by atomic mass is 32.1. The molecule has 0 radical (unpaired) electrons. The highest BCUT2D eigenvalue weighted by Gasteiger charge is 2.18. The van der Waals surface area contributed by atoms with Gasteiger partial charge >= 0.3 is 13.9 Å². The van der Waals surface area contributed by atoms with E-state index in [1.54, 1.807) is 48.6 Å². The lowest BCUT2D eigenvalue weighted by atomic mass is 10.0. The molecule has 10 heteroatoms. The number of hydrogen-bond acceptors (Lipinski definition) is 7. The number of phosphoric ester groups is 1. The molecular formula is C37H55N2O6PS. The number of nitrogens with one attached hydrogen (secondary N) is 1. The summed E-state index contributed by atoms with van der Waals surface area (Å²) in [5.74, 6) is 0.413. The second kappa shape index (κ2) is 21.9. The first kappa shape index (κ1) is 38.6. The molecule has 0 aliphatic rings. The first-order valence-corrected chi connectivity index (χ1v) is 19.9. The number of aryl methyl sites for hydroxylation is 1. The van der Waals surface area contributed by atoms with Crippen LogP contribution in [0.5, 0.6) is 17.2 Å². The van der Waals surface area contributed by atoms with Crippen molar-refractivity contribution in [2.24, 2.45) is 0 Å². The Hall–Kier alpha value is -2.87. The molecule has 1 amide bonds. The number of hydrogen-bond donors (Lipinski definition) is 1. The van der Waals surface area contributed by atoms with Gasteiger partial charge in [-0.2, -0.15) is 4.57 Å². The molecule has 2 aromatic carbocycles. The van der Waals surface area contributed by atoms with Gasteiger partial charge in [0.2, 0.25) is 5.51 Å². The van der Waals surface area contributed by atoms with Gasteiger partial charge in [0.15, 0.2) is 12.7 Å². The summed E-state index contributed by atoms with van der Waals surface area (Å²) in [6.07, 6.45) is 22.2. The van der Waals surface area contributed by atoms with Crippen molar-refractivity contribution in [1.82, 2.24) is 5.32 Å². The van der Waals surface area contributed by atoms with Gasteiger partial charge in [0.1, 0.15) is 17.2 Å². The van der Waals surface area contributed by atoms with Gasteiger partial charge < -0.3 is 24.0 Å². The van der Waals surface area contributed by atoms with Crippen LogP contribution in [0.25, 0.3) is 0 Å². The maximum Gasteiger partial charge on any atom is 0.412 e. The van der Waals surface area contributed by atoms with Crippen molar-refractivity contribution >= 4 is 25.3 Å². The molecule has 1 atom stereocenters. The Labute approximate surface area is 286 Å². The van der Waals surface area contributed by atoms with Gasteiger partial charge in [-0.3, -0.25) is 0 Å². The van der Waals surface area contributed by atoms with Crippen LogP contribution in [-0.2, 0) is 11.1 Å². The fraction of sp³-hybridized carbons (Fsp3) is 0.568. The molecule has 1 aromatic heterocycles. The Kier molecular flexibility index (Phi) is 18.0. The van der Waals surface area contributed by atoms with Crippen molar-refractivity contribution in [3.8, 4) is 17.2 Å². The molecule has 1 N–H and O–H groups in total. The van der Waals surface area contributed by atoms with Crippen molar-refractivity contribution in [2.45, 2.75) is 130 Å². The molecule has 8 nitrogen and oxygen atoms in total. The minimum absolute atomic E-state index is 0.0342. The van der Waals surface area contributed by atoms with Crippen molar-refractivity contribution < 1.29 is 32.6 Å². The monoisotopic (exact) mass is 686 g/mol. The summed E-state index contributed by atoms with van der Waals surface area (Å²) in [6.45, 7) is 7.05. The van der Waals surface area contributed by atoms with Gasteiger partial charge in [-0.05, 0) is 44.5 Å². The maximum atomic E-state index is 12.8. The number of thiazole rings is 1. The Morgan fingerprint density at radius 2 is 1.38 bits per heavy atom. The Morgan fingerprint density at radius 1 is 0.809 bits per heavy atom. The zero-order valence-electron chi connectivity index (χ0n) is 28.7. The second-order valence-electron chi connectivity index (χ2n) is 12.4. The summed E-state index contributed by atoms with van der Waals surface area (Å²) < 4.78 is 30.8. The van der Waals surface area contributed by atoms with E-state index >= 15 is 0 Å². The molecular weight excluding hydrogens is 631 g/mol. The zero-order valence-corrected chi connectivity index (χ0v) is 30.4. The van der Waals surface area contributed by atoms with Gasteiger partial charge in [0.05, 0.1) is 4.88 Å². The number of nitrogens with zero attached hydrogens (tertiary/aromatic N) is 1. The number of amides is 1. The lowest BCUT2D eigenvalue weighted by Gasteiger charge is -2.25. The van der Waals surface area contributed by atoms with Gasteiger partial charge in [-0.1, -0.05) is 133 Å². The van der Waals surface area contributed by atoms with Crippen LogP contribution in [-0.4, -0.2) is 12.6 Å². The van der Waals surface area contributed by atoms with E-state index in [0.717, 1.165) is 18.4 Å². The fourth-order valence-corrected chi connectivity index (χ4v) is 6.99. The summed E-state index contributed by atoms with van der Waals surface area (Å²) in [5.41, 5.74) is 3.27. The predicted octanol–water partition coefficient (Wildman–Crippen LogP) is 9.98. The molecule has 260 valence electrons. The maximum absolute atomic E-state index is 12.8. The summed E-state index contributed by atoms with van der Waals surface area (Å²) in [6, 6.07) is 11.5. The lowest BCUT2D eigenvalue weighted by Crippen LogP contribution is -2.30. The standard InChI is InChI=1S/C37H55N2O6PS/c1-4-5-6-7-8-9-10-11-12-13-14-15-16-17-18-19-26-38-37(40)43-35-24-21-25-36(32(35)3)45-46(41,42)44-34-23-20-22-33(27-34)29-39-28-31(2)47-30-39/h20-25,27-28,30H,4-19,26,29H2,1-3H3,(H-,38,40,41,42). The number of rotatable bonds is 24. The molecule has 0 saturated carbocycles. The highest BCUT2D eigenvalue weighted by Crippen LogP contribution is 2.43. The number of phosphoric acid groups is 1. The Bertz CT molecular complexity index is 1380. The molecule has 0 bridgehead atoms. The van der Waals surface area contributed by atoms with Crippen LogP contribution in [0.2, 0.25) is 0 Å². The van der Waals surface area contributed by atoms with Gasteiger partial charge in [0.25, 0.3) is 0 Å². The third-order valence-electron chi connectivity index (χ3n) is 8.15. The molecule has 0 spiro atoms. The number of carbonyl (C=O) groups excluding carboxylic acids is 1. The van der Waals surface area contributed by atoms with Gasteiger partial charge in [0, 0.05) is 17.7 Å². The van der Waals surface area contributed by atoms with Crippen LogP contribution < -0.4 is 28.6 Å². The van der Waals surface area contributed by atoms with Crippen LogP contribution in [0.4, 0.5) is 4.79 Å². The number of benzene rings is 2. The first-order valence-electron chi connectivity index (χ1n) is 17.5. The van der Waals surface area contributed by atoms with Crippen LogP contribution in [0.1, 0.15) is 126 Å². The Balaban J connectivity index is 1.28. The summed E-state index contributed by atoms with van der Waals surface area (Å²) in [5, 5.41) is 2.79. The summed E-state index contributed by atoms with van der Waals surface area (Å²) >= 11 is 1.64. The van der Waals surface area contributed by atoms with E-state index < -0.39 is 13.9 Å². The normalized spacial score (nSPS) is 12.4. The fourth-order valence-electron chi connectivity index (χ4n) is 5.51. The average molecular weight is 687 g/mol. The highest BCUT2D eigenvalue weighted by molar-refractivity contribution is 7.46. The second-order valence-corrected chi connectivity index (χ2v) is 14.8. The molecule has 0 fully saturated rings. The molecule has 1 heterocycles. The minimum atomic E-state index is -4.77. The van der Waals surface area contributed by atoms with E-state index in [0.29, 0.717) is 18.7 Å². The smallest absolute Gasteiger partial charge is 0.412 e. The molecule has 0 aliphatic carbocycles. The van der Waals surface area contributed by atoms with Crippen LogP contribution in [0, 0.1) is 13.8 Å². The SMILES string of the molecule is CCCCCCCCCCCCCCCCCCNC(=O)Oc1cccc(OP(=O)([O-])Oc2cccc(C[n+]3csc(C)c3)c2)c1C. The minimum Gasteiger partial charge on any atom is -0.736 e. The predicted molar refractivity (Wildman–Crippen MR) is 188 cm³/mol. The van der Waals surface area contributed by atoms with Gasteiger partial charge in [-0.15, -0.1) is 0 Å². The molecule has 0 saturated heterocycles. The van der Waals surface area contributed by atoms with Crippen molar-refractivity contribution in [2.75, 3.05) is 6.54 Å². The zero-order chi connectivity index (χ0) is 33.7. The van der Waals surface area contributed by atoms with E-state index in [4.69, 9.17) is 13.8 Å². The van der Waals surface area contributed by atoms with E-state index in [9.17, 15) is 14.3 Å². The molecule has 1 unspecified atom stereocenters. The van der Waals surface area contributed by atoms with Crippen LogP contribution in [0.3, 0.4) is 0 Å². The topological polar surface area (TPSA) is 101 Å². The van der Waals surface area contributed by atoms with E-state index in [1.165, 1.54) is 101 Å². The average Bonchev–Trinajstić information content (AvgIpc) is 3.44. The van der Waals surface area contributed by atoms with Crippen molar-refractivity contribution in [3.63, 3.8) is 0 Å². The van der Waals surface area contributed by atoms with Crippen LogP contribution >= 0.6 is 19.2 Å². The largest absolute Gasteiger partial charge is 0.736 e. The van der Waals surface area contributed by atoms with E-state index in [1.807, 2.05) is 29.3 Å². The van der Waals surface area contributed by atoms with E-state index in [2.05, 4.69) is 12.2 Å². The van der Waals surface area contributed by atoms with Crippen LogP contribution in [0.15, 0.2) is 54.2 Å². The molecule has 47 heavy (non-hydrogen) atoms. The summed E-state index contributed by atoms with van der Waals surface area (Å²) in [4.78, 5) is 26.4. The molecule has 0 aliphatic heterocycles. The Morgan fingerprint density at radius 3 is 1.98 bits per heavy atom. The summed E-state index contributed by atoms with van der Waals surface area (Å²) in [7, 11) is -4.77. The number of ether oxygens (including phenoxy) is 1. The lowest BCUT2D eigenvalue weighted by molar-refractivity contribution is -0.683.